The van der Waals surface area contributed by atoms with Crippen LogP contribution in [-0.2, 0) is 9.47 Å². The molecule has 4 N–H and O–H groups in total. The Morgan fingerprint density at radius 2 is 1.79 bits per heavy atom. The third-order valence-electron chi connectivity index (χ3n) is 4.57. The van der Waals surface area contributed by atoms with E-state index in [1.165, 1.54) is 7.11 Å². The second-order valence-electron chi connectivity index (χ2n) is 6.38. The predicted molar refractivity (Wildman–Crippen MR) is 97.6 cm³/mol. The molecule has 3 rings (SSSR count). The number of methoxy groups -OCH3 is 1. The summed E-state index contributed by atoms with van der Waals surface area (Å²) in [5.74, 6) is -0.150. The molecule has 150 valence electrons. The van der Waals surface area contributed by atoms with Crippen LogP contribution in [-0.4, -0.2) is 70.8 Å². The van der Waals surface area contributed by atoms with E-state index in [4.69, 9.17) is 14.2 Å². The van der Waals surface area contributed by atoms with Gasteiger partial charge in [0.15, 0.2) is 0 Å². The Kier molecular flexibility index (Phi) is 6.28. The van der Waals surface area contributed by atoms with E-state index < -0.39 is 43.3 Å². The van der Waals surface area contributed by atoms with Gasteiger partial charge in [0.05, 0.1) is 19.3 Å². The molecule has 5 atom stereocenters. The first-order chi connectivity index (χ1) is 13.5. The molecular formula is C20H22O8. The van der Waals surface area contributed by atoms with Gasteiger partial charge in [-0.25, -0.2) is 4.79 Å². The van der Waals surface area contributed by atoms with Crippen LogP contribution in [0.15, 0.2) is 48.5 Å². The number of rotatable bonds is 5. The van der Waals surface area contributed by atoms with Crippen molar-refractivity contribution < 1.29 is 39.4 Å². The van der Waals surface area contributed by atoms with Crippen LogP contribution in [0.2, 0.25) is 0 Å². The van der Waals surface area contributed by atoms with Crippen molar-refractivity contribution in [1.29, 1.82) is 0 Å². The number of ether oxygens (including phenoxy) is 3. The highest BCUT2D eigenvalue weighted by atomic mass is 16.7. The van der Waals surface area contributed by atoms with Crippen LogP contribution in [0.3, 0.4) is 0 Å². The summed E-state index contributed by atoms with van der Waals surface area (Å²) in [7, 11) is 1.30. The van der Waals surface area contributed by atoms with Crippen molar-refractivity contribution in [3.8, 4) is 16.9 Å². The smallest absolute Gasteiger partial charge is 0.337 e. The van der Waals surface area contributed by atoms with E-state index in [9.17, 15) is 25.2 Å². The van der Waals surface area contributed by atoms with Crippen LogP contribution in [0, 0.1) is 0 Å². The maximum Gasteiger partial charge on any atom is 0.337 e. The summed E-state index contributed by atoms with van der Waals surface area (Å²) in [5.41, 5.74) is 1.65. The summed E-state index contributed by atoms with van der Waals surface area (Å²) in [6, 6.07) is 13.6. The average molecular weight is 390 g/mol. The zero-order valence-corrected chi connectivity index (χ0v) is 15.1. The molecule has 2 aromatic rings. The van der Waals surface area contributed by atoms with E-state index in [1.54, 1.807) is 48.5 Å². The Hall–Kier alpha value is -2.49. The summed E-state index contributed by atoms with van der Waals surface area (Å²) in [5, 5.41) is 39.3. The summed E-state index contributed by atoms with van der Waals surface area (Å²) >= 11 is 0. The number of carbonyl (C=O) groups is 1. The molecule has 2 aromatic carbocycles. The van der Waals surface area contributed by atoms with Gasteiger partial charge in [0.25, 0.3) is 0 Å². The molecule has 28 heavy (non-hydrogen) atoms. The van der Waals surface area contributed by atoms with Crippen molar-refractivity contribution >= 4 is 5.97 Å². The lowest BCUT2D eigenvalue weighted by Gasteiger charge is -2.39. The number of para-hydroxylation sites is 1. The summed E-state index contributed by atoms with van der Waals surface area (Å²) in [4.78, 5) is 11.8. The molecule has 1 fully saturated rings. The fourth-order valence-corrected chi connectivity index (χ4v) is 3.03. The molecule has 0 aromatic heterocycles. The van der Waals surface area contributed by atoms with Crippen LogP contribution in [0.4, 0.5) is 0 Å². The number of aliphatic hydroxyl groups is 4. The van der Waals surface area contributed by atoms with Crippen molar-refractivity contribution in [2.45, 2.75) is 30.7 Å². The van der Waals surface area contributed by atoms with Crippen molar-refractivity contribution in [3.05, 3.63) is 54.1 Å². The number of benzene rings is 2. The second kappa shape index (κ2) is 8.68. The number of carbonyl (C=O) groups excluding carboxylic acids is 1. The van der Waals surface area contributed by atoms with Crippen LogP contribution in [0.1, 0.15) is 10.4 Å². The van der Waals surface area contributed by atoms with Crippen LogP contribution in [0.25, 0.3) is 11.1 Å². The summed E-state index contributed by atoms with van der Waals surface area (Å²) < 4.78 is 15.9. The molecule has 0 spiro atoms. The van der Waals surface area contributed by atoms with Crippen molar-refractivity contribution in [2.24, 2.45) is 0 Å². The normalized spacial score (nSPS) is 27.2. The minimum atomic E-state index is -1.54. The van der Waals surface area contributed by atoms with Crippen LogP contribution >= 0.6 is 0 Å². The van der Waals surface area contributed by atoms with E-state index in [1.807, 2.05) is 0 Å². The van der Waals surface area contributed by atoms with Gasteiger partial charge in [-0.3, -0.25) is 0 Å². The van der Waals surface area contributed by atoms with Crippen molar-refractivity contribution in [1.82, 2.24) is 0 Å². The van der Waals surface area contributed by atoms with Crippen LogP contribution < -0.4 is 4.74 Å². The monoisotopic (exact) mass is 390 g/mol. The van der Waals surface area contributed by atoms with Crippen molar-refractivity contribution in [2.75, 3.05) is 13.7 Å². The van der Waals surface area contributed by atoms with Crippen molar-refractivity contribution in [3.63, 3.8) is 0 Å². The molecule has 1 saturated heterocycles. The molecule has 1 heterocycles. The number of aliphatic hydroxyl groups excluding tert-OH is 4. The zero-order valence-electron chi connectivity index (χ0n) is 15.1. The second-order valence-corrected chi connectivity index (χ2v) is 6.38. The third kappa shape index (κ3) is 4.01. The Bertz CT molecular complexity index is 821. The molecular weight excluding hydrogens is 368 g/mol. The predicted octanol–water partition coefficient (Wildman–Crippen LogP) is 0.319. The van der Waals surface area contributed by atoms with E-state index >= 15 is 0 Å². The highest BCUT2D eigenvalue weighted by Gasteiger charge is 2.44. The number of hydrogen-bond acceptors (Lipinski definition) is 8. The first-order valence-corrected chi connectivity index (χ1v) is 8.71. The van der Waals surface area contributed by atoms with E-state index in [0.29, 0.717) is 22.4 Å². The Morgan fingerprint density at radius 1 is 1.04 bits per heavy atom. The first kappa shape index (κ1) is 20.2. The molecule has 1 aliphatic rings. The Morgan fingerprint density at radius 3 is 2.50 bits per heavy atom. The summed E-state index contributed by atoms with van der Waals surface area (Å²) in [6.45, 7) is -0.548. The average Bonchev–Trinajstić information content (AvgIpc) is 2.74. The molecule has 8 heteroatoms. The minimum absolute atomic E-state index is 0.328. The van der Waals surface area contributed by atoms with Gasteiger partial charge in [-0.15, -0.1) is 0 Å². The first-order valence-electron chi connectivity index (χ1n) is 8.71. The summed E-state index contributed by atoms with van der Waals surface area (Å²) in [6.07, 6.45) is -6.90. The largest absolute Gasteiger partial charge is 0.465 e. The fourth-order valence-electron chi connectivity index (χ4n) is 3.03. The molecule has 0 amide bonds. The van der Waals surface area contributed by atoms with Gasteiger partial charge >= 0.3 is 5.97 Å². The highest BCUT2D eigenvalue weighted by Crippen LogP contribution is 2.33. The van der Waals surface area contributed by atoms with Gasteiger partial charge in [0.1, 0.15) is 30.2 Å². The lowest BCUT2D eigenvalue weighted by atomic mass is 9.99. The molecule has 1 aliphatic heterocycles. The molecule has 8 nitrogen and oxygen atoms in total. The van der Waals surface area contributed by atoms with Gasteiger partial charge in [-0.05, 0) is 23.8 Å². The van der Waals surface area contributed by atoms with Gasteiger partial charge in [0.2, 0.25) is 6.29 Å². The maximum atomic E-state index is 11.8. The molecule has 0 radical (unpaired) electrons. The van der Waals surface area contributed by atoms with Gasteiger partial charge in [-0.2, -0.15) is 0 Å². The lowest BCUT2D eigenvalue weighted by molar-refractivity contribution is -0.277. The fraction of sp³-hybridized carbons (Fsp3) is 0.350. The number of esters is 1. The molecule has 0 bridgehead atoms. The van der Waals surface area contributed by atoms with E-state index in [-0.39, 0.29) is 0 Å². The van der Waals surface area contributed by atoms with E-state index in [2.05, 4.69) is 0 Å². The van der Waals surface area contributed by atoms with Gasteiger partial charge in [0, 0.05) is 5.56 Å². The number of hydrogen-bond donors (Lipinski definition) is 4. The quantitative estimate of drug-likeness (QED) is 0.538. The van der Waals surface area contributed by atoms with E-state index in [0.717, 1.165) is 0 Å². The third-order valence-corrected chi connectivity index (χ3v) is 4.57. The minimum Gasteiger partial charge on any atom is -0.465 e. The SMILES string of the molecule is COC(=O)c1cccc(-c2ccccc2O[C@@H]2O[C@H](CO)[C@H](O)[C@H](O)[C@H]2O)c1. The van der Waals surface area contributed by atoms with Gasteiger partial charge in [-0.1, -0.05) is 30.3 Å². The standard InChI is InChI=1S/C20H22O8/c1-26-19(25)12-6-4-5-11(9-12)13-7-2-3-8-14(13)27-20-18(24)17(23)16(22)15(10-21)28-20/h2-9,15-18,20-24H,10H2,1H3/t15-,16+,17+,18-,20-/m1/s1. The molecule has 0 saturated carbocycles. The lowest BCUT2D eigenvalue weighted by Crippen LogP contribution is -2.60. The maximum absolute atomic E-state index is 11.8. The van der Waals surface area contributed by atoms with Gasteiger partial charge < -0.3 is 34.6 Å². The Labute approximate surface area is 161 Å². The highest BCUT2D eigenvalue weighted by molar-refractivity contribution is 5.91. The Balaban J connectivity index is 1.90. The molecule has 0 unspecified atom stereocenters. The topological polar surface area (TPSA) is 126 Å². The van der Waals surface area contributed by atoms with Crippen LogP contribution in [0.5, 0.6) is 5.75 Å². The zero-order chi connectivity index (χ0) is 20.3. The molecule has 0 aliphatic carbocycles.